The zero-order valence-corrected chi connectivity index (χ0v) is 11.4. The number of rotatable bonds is 3. The van der Waals surface area contributed by atoms with E-state index < -0.39 is 5.97 Å². The molecule has 1 fully saturated rings. The molecule has 1 aliphatic heterocycles. The van der Waals surface area contributed by atoms with Crippen molar-refractivity contribution in [3.05, 3.63) is 17.5 Å². The average Bonchev–Trinajstić information content (AvgIpc) is 2.27. The number of thioether (sulfide) groups is 1. The Hall–Kier alpha value is -1.30. The maximum Gasteiger partial charge on any atom is 0.305 e. The van der Waals surface area contributed by atoms with Crippen LogP contribution >= 0.6 is 11.8 Å². The fourth-order valence-corrected chi connectivity index (χ4v) is 3.19. The molecule has 1 saturated heterocycles. The van der Waals surface area contributed by atoms with E-state index in [-0.39, 0.29) is 12.5 Å². The Morgan fingerprint density at radius 1 is 1.50 bits per heavy atom. The van der Waals surface area contributed by atoms with Crippen molar-refractivity contribution in [1.82, 2.24) is 9.97 Å². The minimum Gasteiger partial charge on any atom is -0.481 e. The van der Waals surface area contributed by atoms with Crippen molar-refractivity contribution in [1.29, 1.82) is 0 Å². The van der Waals surface area contributed by atoms with Crippen molar-refractivity contribution in [2.24, 2.45) is 0 Å². The Morgan fingerprint density at radius 2 is 2.17 bits per heavy atom. The molecule has 1 N–H and O–H groups in total. The van der Waals surface area contributed by atoms with E-state index in [1.807, 2.05) is 24.8 Å². The summed E-state index contributed by atoms with van der Waals surface area (Å²) in [4.78, 5) is 21.8. The van der Waals surface area contributed by atoms with Gasteiger partial charge >= 0.3 is 5.97 Å². The van der Waals surface area contributed by atoms with Crippen LogP contribution in [0.2, 0.25) is 0 Å². The Balaban J connectivity index is 2.24. The SMILES string of the molecule is Cc1cc(C)nc(N2CCSCC2CC(=O)O)n1. The zero-order valence-electron chi connectivity index (χ0n) is 10.6. The monoisotopic (exact) mass is 267 g/mol. The summed E-state index contributed by atoms with van der Waals surface area (Å²) in [6.45, 7) is 4.68. The molecule has 18 heavy (non-hydrogen) atoms. The summed E-state index contributed by atoms with van der Waals surface area (Å²) in [6.07, 6.45) is 0.142. The van der Waals surface area contributed by atoms with E-state index >= 15 is 0 Å². The van der Waals surface area contributed by atoms with Crippen LogP contribution in [0.15, 0.2) is 6.07 Å². The normalized spacial score (nSPS) is 19.9. The molecule has 2 rings (SSSR count). The zero-order chi connectivity index (χ0) is 13.1. The van der Waals surface area contributed by atoms with Crippen LogP contribution in [-0.4, -0.2) is 45.1 Å². The van der Waals surface area contributed by atoms with Crippen molar-refractivity contribution >= 4 is 23.7 Å². The molecule has 0 saturated carbocycles. The maximum atomic E-state index is 10.9. The highest BCUT2D eigenvalue weighted by Gasteiger charge is 2.27. The van der Waals surface area contributed by atoms with E-state index in [0.717, 1.165) is 29.4 Å². The Bertz CT molecular complexity index is 433. The van der Waals surface area contributed by atoms with Crippen LogP contribution in [0.5, 0.6) is 0 Å². The molecule has 1 aliphatic rings. The van der Waals surface area contributed by atoms with Crippen LogP contribution in [0.3, 0.4) is 0 Å². The van der Waals surface area contributed by atoms with Crippen LogP contribution in [0.1, 0.15) is 17.8 Å². The summed E-state index contributed by atoms with van der Waals surface area (Å²) >= 11 is 1.79. The topological polar surface area (TPSA) is 66.3 Å². The fourth-order valence-electron chi connectivity index (χ4n) is 2.12. The number of hydrogen-bond donors (Lipinski definition) is 1. The van der Waals surface area contributed by atoms with Crippen molar-refractivity contribution in [3.63, 3.8) is 0 Å². The van der Waals surface area contributed by atoms with Crippen molar-refractivity contribution < 1.29 is 9.90 Å². The van der Waals surface area contributed by atoms with Gasteiger partial charge in [-0.05, 0) is 19.9 Å². The van der Waals surface area contributed by atoms with Gasteiger partial charge in [-0.1, -0.05) is 0 Å². The molecule has 0 amide bonds. The van der Waals surface area contributed by atoms with E-state index in [9.17, 15) is 4.79 Å². The Labute approximate surface area is 111 Å². The van der Waals surface area contributed by atoms with Gasteiger partial charge in [-0.3, -0.25) is 4.79 Å². The highest BCUT2D eigenvalue weighted by Crippen LogP contribution is 2.23. The third-order valence-corrected chi connectivity index (χ3v) is 3.96. The van der Waals surface area contributed by atoms with Crippen LogP contribution in [0.25, 0.3) is 0 Å². The quantitative estimate of drug-likeness (QED) is 0.895. The number of carboxylic acids is 1. The van der Waals surface area contributed by atoms with Crippen LogP contribution in [0, 0.1) is 13.8 Å². The number of nitrogens with zero attached hydrogens (tertiary/aromatic N) is 3. The second-order valence-electron chi connectivity index (χ2n) is 4.47. The molecule has 0 spiro atoms. The smallest absolute Gasteiger partial charge is 0.305 e. The lowest BCUT2D eigenvalue weighted by Crippen LogP contribution is -2.44. The fraction of sp³-hybridized carbons (Fsp3) is 0.583. The van der Waals surface area contributed by atoms with Gasteiger partial charge in [0, 0.05) is 29.4 Å². The van der Waals surface area contributed by atoms with Gasteiger partial charge in [0.2, 0.25) is 5.95 Å². The number of carboxylic acid groups (broad SMARTS) is 1. The predicted molar refractivity (Wildman–Crippen MR) is 72.2 cm³/mol. The van der Waals surface area contributed by atoms with Crippen LogP contribution in [0.4, 0.5) is 5.95 Å². The number of hydrogen-bond acceptors (Lipinski definition) is 5. The van der Waals surface area contributed by atoms with Crippen molar-refractivity contribution in [3.8, 4) is 0 Å². The second-order valence-corrected chi connectivity index (χ2v) is 5.62. The van der Waals surface area contributed by atoms with Crippen LogP contribution < -0.4 is 4.90 Å². The molecular formula is C12H17N3O2S. The van der Waals surface area contributed by atoms with E-state index in [2.05, 4.69) is 9.97 Å². The van der Waals surface area contributed by atoms with Gasteiger partial charge in [-0.2, -0.15) is 11.8 Å². The molecular weight excluding hydrogens is 250 g/mol. The van der Waals surface area contributed by atoms with Gasteiger partial charge in [-0.15, -0.1) is 0 Å². The van der Waals surface area contributed by atoms with Crippen molar-refractivity contribution in [2.45, 2.75) is 26.3 Å². The average molecular weight is 267 g/mol. The lowest BCUT2D eigenvalue weighted by atomic mass is 10.2. The van der Waals surface area contributed by atoms with Crippen LogP contribution in [-0.2, 0) is 4.79 Å². The molecule has 0 aliphatic carbocycles. The molecule has 5 nitrogen and oxygen atoms in total. The highest BCUT2D eigenvalue weighted by molar-refractivity contribution is 7.99. The third kappa shape index (κ3) is 3.13. The first-order valence-electron chi connectivity index (χ1n) is 5.94. The van der Waals surface area contributed by atoms with Gasteiger partial charge in [-0.25, -0.2) is 9.97 Å². The number of aliphatic carboxylic acids is 1. The minimum atomic E-state index is -0.767. The number of carbonyl (C=O) groups is 1. The summed E-state index contributed by atoms with van der Waals surface area (Å²) < 4.78 is 0. The molecule has 98 valence electrons. The summed E-state index contributed by atoms with van der Waals surface area (Å²) in [5.41, 5.74) is 1.84. The molecule has 0 radical (unpaired) electrons. The lowest BCUT2D eigenvalue weighted by Gasteiger charge is -2.34. The van der Waals surface area contributed by atoms with Gasteiger partial charge in [0.25, 0.3) is 0 Å². The standard InChI is InChI=1S/C12H17N3O2S/c1-8-5-9(2)14-12(13-8)15-3-4-18-7-10(15)6-11(16)17/h5,10H,3-4,6-7H2,1-2H3,(H,16,17). The second kappa shape index (κ2) is 5.56. The molecule has 6 heteroatoms. The molecule has 2 heterocycles. The van der Waals surface area contributed by atoms with Gasteiger partial charge in [0.15, 0.2) is 0 Å². The summed E-state index contributed by atoms with van der Waals surface area (Å²) in [7, 11) is 0. The largest absolute Gasteiger partial charge is 0.481 e. The Morgan fingerprint density at radius 3 is 2.78 bits per heavy atom. The van der Waals surface area contributed by atoms with Gasteiger partial charge < -0.3 is 10.0 Å². The lowest BCUT2D eigenvalue weighted by molar-refractivity contribution is -0.137. The highest BCUT2D eigenvalue weighted by atomic mass is 32.2. The van der Waals surface area contributed by atoms with Gasteiger partial charge in [0.05, 0.1) is 12.5 Å². The third-order valence-electron chi connectivity index (χ3n) is 2.87. The Kier molecular flexibility index (Phi) is 4.06. The summed E-state index contributed by atoms with van der Waals surface area (Å²) in [5, 5.41) is 8.96. The van der Waals surface area contributed by atoms with Crippen molar-refractivity contribution in [2.75, 3.05) is 23.0 Å². The van der Waals surface area contributed by atoms with E-state index in [0.29, 0.717) is 5.95 Å². The molecule has 0 bridgehead atoms. The van der Waals surface area contributed by atoms with E-state index in [4.69, 9.17) is 5.11 Å². The minimum absolute atomic E-state index is 0.0116. The first kappa shape index (κ1) is 13.1. The molecule has 0 aromatic carbocycles. The predicted octanol–water partition coefficient (Wildman–Crippen LogP) is 1.49. The molecule has 1 atom stereocenters. The first-order valence-corrected chi connectivity index (χ1v) is 7.10. The first-order chi connectivity index (χ1) is 8.56. The summed E-state index contributed by atoms with van der Waals surface area (Å²) in [6, 6.07) is 1.91. The van der Waals surface area contributed by atoms with Gasteiger partial charge in [0.1, 0.15) is 0 Å². The number of aryl methyl sites for hydroxylation is 2. The maximum absolute atomic E-state index is 10.9. The van der Waals surface area contributed by atoms with E-state index in [1.165, 1.54) is 0 Å². The number of aromatic nitrogens is 2. The molecule has 1 unspecified atom stereocenters. The summed E-state index contributed by atoms with van der Waals surface area (Å²) in [5.74, 6) is 1.71. The molecule has 1 aromatic rings. The van der Waals surface area contributed by atoms with E-state index in [1.54, 1.807) is 11.8 Å². The number of anilines is 1. The molecule has 1 aromatic heterocycles.